The Kier molecular flexibility index (Phi) is 5.97. The van der Waals surface area contributed by atoms with Crippen LogP contribution in [0.2, 0.25) is 0 Å². The van der Waals surface area contributed by atoms with Crippen molar-refractivity contribution in [3.05, 3.63) is 28.9 Å². The molecule has 9 nitrogen and oxygen atoms in total. The Morgan fingerprint density at radius 2 is 2.44 bits per heavy atom. The number of anilines is 2. The van der Waals surface area contributed by atoms with Gasteiger partial charge in [0.05, 0.1) is 18.4 Å². The van der Waals surface area contributed by atoms with E-state index in [2.05, 4.69) is 19.9 Å². The molecule has 10 heteroatoms. The second-order valence-corrected chi connectivity index (χ2v) is 6.73. The Morgan fingerprint density at radius 1 is 1.59 bits per heavy atom. The first kappa shape index (κ1) is 18.8. The molecule has 1 saturated heterocycles. The molecule has 27 heavy (non-hydrogen) atoms. The molecule has 3 heterocycles. The molecule has 2 aromatic heterocycles. The SMILES string of the molecule is Cc1c(N)ccnc1O[C@@H]1CCCN(C(=O)c2nscc2N/N=C\C=N)C1. The fraction of sp³-hybridized carbons (Fsp3) is 0.353. The minimum absolute atomic E-state index is 0.151. The second-order valence-electron chi connectivity index (χ2n) is 6.10. The van der Waals surface area contributed by atoms with Crippen LogP contribution >= 0.6 is 11.5 Å². The highest BCUT2D eigenvalue weighted by atomic mass is 32.1. The lowest BCUT2D eigenvalue weighted by Crippen LogP contribution is -2.44. The number of pyridine rings is 1. The van der Waals surface area contributed by atoms with Crippen molar-refractivity contribution in [1.82, 2.24) is 14.3 Å². The number of carbonyl (C=O) groups is 1. The number of hydrogen-bond acceptors (Lipinski definition) is 9. The van der Waals surface area contributed by atoms with Gasteiger partial charge in [0.15, 0.2) is 5.69 Å². The second kappa shape index (κ2) is 8.58. The van der Waals surface area contributed by atoms with Gasteiger partial charge in [0.25, 0.3) is 5.91 Å². The number of aromatic nitrogens is 2. The van der Waals surface area contributed by atoms with Crippen LogP contribution in [0.4, 0.5) is 11.4 Å². The molecule has 0 aromatic carbocycles. The molecule has 0 radical (unpaired) electrons. The van der Waals surface area contributed by atoms with Crippen molar-refractivity contribution in [1.29, 1.82) is 5.41 Å². The molecule has 3 rings (SSSR count). The van der Waals surface area contributed by atoms with Crippen LogP contribution in [0.15, 0.2) is 22.7 Å². The highest BCUT2D eigenvalue weighted by molar-refractivity contribution is 7.04. The number of piperidine rings is 1. The number of amides is 1. The number of nitrogens with one attached hydrogen (secondary N) is 2. The first-order chi connectivity index (χ1) is 13.1. The van der Waals surface area contributed by atoms with Gasteiger partial charge in [-0.05, 0) is 37.4 Å². The van der Waals surface area contributed by atoms with Crippen LogP contribution in [0, 0.1) is 12.3 Å². The summed E-state index contributed by atoms with van der Waals surface area (Å²) in [5.74, 6) is 0.334. The van der Waals surface area contributed by atoms with Gasteiger partial charge < -0.3 is 20.8 Å². The van der Waals surface area contributed by atoms with Gasteiger partial charge in [-0.25, -0.2) is 4.98 Å². The van der Waals surface area contributed by atoms with E-state index < -0.39 is 0 Å². The number of hydrazone groups is 1. The zero-order valence-electron chi connectivity index (χ0n) is 14.9. The monoisotopic (exact) mass is 387 g/mol. The van der Waals surface area contributed by atoms with Gasteiger partial charge in [-0.15, -0.1) is 0 Å². The van der Waals surface area contributed by atoms with Crippen LogP contribution in [0.1, 0.15) is 28.9 Å². The summed E-state index contributed by atoms with van der Waals surface area (Å²) in [5, 5.41) is 12.5. The number of carbonyl (C=O) groups excluding carboxylic acids is 1. The molecular weight excluding hydrogens is 366 g/mol. The molecule has 1 amide bonds. The van der Waals surface area contributed by atoms with E-state index in [1.165, 1.54) is 17.7 Å². The van der Waals surface area contributed by atoms with Crippen molar-refractivity contribution in [3.8, 4) is 5.88 Å². The summed E-state index contributed by atoms with van der Waals surface area (Å²) in [6, 6.07) is 1.73. The van der Waals surface area contributed by atoms with Crippen molar-refractivity contribution in [3.63, 3.8) is 0 Å². The van der Waals surface area contributed by atoms with Crippen molar-refractivity contribution >= 4 is 41.2 Å². The fourth-order valence-electron chi connectivity index (χ4n) is 2.79. The van der Waals surface area contributed by atoms with Gasteiger partial charge in [0, 0.05) is 35.6 Å². The average Bonchev–Trinajstić information content (AvgIpc) is 3.14. The summed E-state index contributed by atoms with van der Waals surface area (Å²) in [4.78, 5) is 18.9. The summed E-state index contributed by atoms with van der Waals surface area (Å²) in [7, 11) is 0. The van der Waals surface area contributed by atoms with E-state index in [1.807, 2.05) is 6.92 Å². The van der Waals surface area contributed by atoms with E-state index in [1.54, 1.807) is 22.5 Å². The fourth-order valence-corrected chi connectivity index (χ4v) is 3.39. The number of nitrogens with two attached hydrogens (primary N) is 1. The zero-order valence-corrected chi connectivity index (χ0v) is 15.7. The quantitative estimate of drug-likeness (QED) is 0.514. The maximum absolute atomic E-state index is 12.9. The predicted octanol–water partition coefficient (Wildman–Crippen LogP) is 2.16. The van der Waals surface area contributed by atoms with Gasteiger partial charge in [-0.2, -0.15) is 9.47 Å². The number of nitrogens with zero attached hydrogens (tertiary/aromatic N) is 4. The number of hydrogen-bond donors (Lipinski definition) is 3. The maximum Gasteiger partial charge on any atom is 0.275 e. The molecule has 0 saturated carbocycles. The number of rotatable bonds is 6. The molecule has 0 bridgehead atoms. The van der Waals surface area contributed by atoms with E-state index >= 15 is 0 Å². The molecular formula is C17H21N7O2S. The van der Waals surface area contributed by atoms with Gasteiger partial charge >= 0.3 is 0 Å². The van der Waals surface area contributed by atoms with Crippen LogP contribution in [0.25, 0.3) is 0 Å². The van der Waals surface area contributed by atoms with Gasteiger partial charge in [0.1, 0.15) is 6.10 Å². The van der Waals surface area contributed by atoms with Gasteiger partial charge in [-0.1, -0.05) is 0 Å². The molecule has 0 spiro atoms. The average molecular weight is 387 g/mol. The third kappa shape index (κ3) is 4.40. The minimum Gasteiger partial charge on any atom is -0.472 e. The van der Waals surface area contributed by atoms with E-state index in [0.717, 1.165) is 24.6 Å². The van der Waals surface area contributed by atoms with Crippen molar-refractivity contribution in [2.75, 3.05) is 24.2 Å². The largest absolute Gasteiger partial charge is 0.472 e. The molecule has 0 unspecified atom stereocenters. The van der Waals surface area contributed by atoms with Crippen LogP contribution in [-0.4, -0.2) is 51.8 Å². The first-order valence-electron chi connectivity index (χ1n) is 8.49. The highest BCUT2D eigenvalue weighted by Gasteiger charge is 2.29. The summed E-state index contributed by atoms with van der Waals surface area (Å²) in [6.45, 7) is 2.96. The lowest BCUT2D eigenvalue weighted by atomic mass is 10.1. The molecule has 1 atom stereocenters. The zero-order chi connectivity index (χ0) is 19.2. The number of likely N-dealkylation sites (tertiary alicyclic amines) is 1. The Hall–Kier alpha value is -3.01. The summed E-state index contributed by atoms with van der Waals surface area (Å²) in [5.41, 5.74) is 10.9. The minimum atomic E-state index is -0.172. The summed E-state index contributed by atoms with van der Waals surface area (Å²) < 4.78 is 10.2. The van der Waals surface area contributed by atoms with Crippen LogP contribution in [0.3, 0.4) is 0 Å². The lowest BCUT2D eigenvalue weighted by Gasteiger charge is -2.32. The van der Waals surface area contributed by atoms with Gasteiger partial charge in [0.2, 0.25) is 5.88 Å². The predicted molar refractivity (Wildman–Crippen MR) is 106 cm³/mol. The summed E-state index contributed by atoms with van der Waals surface area (Å²) >= 11 is 1.18. The molecule has 1 fully saturated rings. The van der Waals surface area contributed by atoms with Gasteiger partial charge in [-0.3, -0.25) is 10.2 Å². The highest BCUT2D eigenvalue weighted by Crippen LogP contribution is 2.25. The van der Waals surface area contributed by atoms with E-state index in [4.69, 9.17) is 15.9 Å². The molecule has 0 aliphatic carbocycles. The smallest absolute Gasteiger partial charge is 0.275 e. The summed E-state index contributed by atoms with van der Waals surface area (Å²) in [6.07, 6.45) is 5.47. The van der Waals surface area contributed by atoms with E-state index in [-0.39, 0.29) is 12.0 Å². The lowest BCUT2D eigenvalue weighted by molar-refractivity contribution is 0.0523. The van der Waals surface area contributed by atoms with E-state index in [9.17, 15) is 4.79 Å². The Bertz CT molecular complexity index is 852. The number of ether oxygens (including phenoxy) is 1. The van der Waals surface area contributed by atoms with Crippen LogP contribution in [0.5, 0.6) is 5.88 Å². The third-order valence-corrected chi connectivity index (χ3v) is 4.88. The van der Waals surface area contributed by atoms with Crippen molar-refractivity contribution in [2.45, 2.75) is 25.9 Å². The molecule has 1 aliphatic heterocycles. The molecule has 2 aromatic rings. The standard InChI is InChI=1S/C17H21N7O2S/c1-11-13(19)4-6-20-16(11)26-12-3-2-8-24(9-12)17(25)15-14(10-27-23-15)22-21-7-5-18/h4-7,10,12,18,22H,2-3,8-9H2,1H3,(H2,19,20)/b18-5?,21-7-/t12-/m1/s1. The topological polar surface area (TPSA) is 130 Å². The van der Waals surface area contributed by atoms with Crippen molar-refractivity contribution in [2.24, 2.45) is 5.10 Å². The van der Waals surface area contributed by atoms with Crippen LogP contribution < -0.4 is 15.9 Å². The van der Waals surface area contributed by atoms with E-state index in [0.29, 0.717) is 36.0 Å². The first-order valence-corrected chi connectivity index (χ1v) is 9.33. The maximum atomic E-state index is 12.9. The Labute approximate surface area is 160 Å². The Morgan fingerprint density at radius 3 is 3.26 bits per heavy atom. The van der Waals surface area contributed by atoms with Crippen LogP contribution in [-0.2, 0) is 0 Å². The molecule has 1 aliphatic rings. The third-order valence-electron chi connectivity index (χ3n) is 4.25. The molecule has 4 N–H and O–H groups in total. The number of nitrogen functional groups attached to an aromatic ring is 1. The normalized spacial score (nSPS) is 17.1. The molecule has 142 valence electrons. The Balaban J connectivity index is 1.68. The van der Waals surface area contributed by atoms with Crippen molar-refractivity contribution < 1.29 is 9.53 Å².